The summed E-state index contributed by atoms with van der Waals surface area (Å²) in [5, 5.41) is 0.484. The van der Waals surface area contributed by atoms with Gasteiger partial charge in [-0.3, -0.25) is 9.36 Å². The predicted molar refractivity (Wildman–Crippen MR) is 91.7 cm³/mol. The number of esters is 1. The van der Waals surface area contributed by atoms with E-state index in [0.29, 0.717) is 21.9 Å². The minimum atomic E-state index is -0.521. The van der Waals surface area contributed by atoms with Crippen molar-refractivity contribution >= 4 is 28.7 Å². The zero-order valence-corrected chi connectivity index (χ0v) is 14.1. The van der Waals surface area contributed by atoms with E-state index in [2.05, 4.69) is 0 Å². The van der Waals surface area contributed by atoms with Gasteiger partial charge < -0.3 is 9.15 Å². The van der Waals surface area contributed by atoms with E-state index in [1.807, 2.05) is 32.0 Å². The molecule has 0 saturated heterocycles. The predicted octanol–water partition coefficient (Wildman–Crippen LogP) is 3.86. The van der Waals surface area contributed by atoms with Crippen molar-refractivity contribution in [3.63, 3.8) is 0 Å². The van der Waals surface area contributed by atoms with E-state index in [0.717, 1.165) is 11.1 Å². The summed E-state index contributed by atoms with van der Waals surface area (Å²) in [4.78, 5) is 24.1. The van der Waals surface area contributed by atoms with Crippen LogP contribution in [0.3, 0.4) is 0 Å². The van der Waals surface area contributed by atoms with Crippen LogP contribution in [0.5, 0.6) is 5.75 Å². The molecule has 0 atom stereocenters. The van der Waals surface area contributed by atoms with Gasteiger partial charge in [0, 0.05) is 17.6 Å². The van der Waals surface area contributed by atoms with Crippen molar-refractivity contribution in [3.8, 4) is 5.75 Å². The average Bonchev–Trinajstić information content (AvgIpc) is 2.83. The first-order valence-corrected chi connectivity index (χ1v) is 7.89. The highest BCUT2D eigenvalue weighted by atomic mass is 35.5. The Morgan fingerprint density at radius 3 is 2.62 bits per heavy atom. The number of carbonyl (C=O) groups excluding carboxylic acids is 1. The van der Waals surface area contributed by atoms with Crippen molar-refractivity contribution in [1.82, 2.24) is 4.57 Å². The number of fused-ring (bicyclic) bond motifs is 1. The lowest BCUT2D eigenvalue weighted by Crippen LogP contribution is -2.19. The van der Waals surface area contributed by atoms with Crippen LogP contribution < -0.4 is 10.5 Å². The molecule has 0 saturated carbocycles. The van der Waals surface area contributed by atoms with Gasteiger partial charge in [0.25, 0.3) is 0 Å². The number of para-hydroxylation sites is 1. The molecule has 24 heavy (non-hydrogen) atoms. The molecule has 0 N–H and O–H groups in total. The topological polar surface area (TPSA) is 61.4 Å². The molecule has 0 spiro atoms. The van der Waals surface area contributed by atoms with Crippen LogP contribution in [-0.2, 0) is 11.3 Å². The molecule has 6 heteroatoms. The van der Waals surface area contributed by atoms with Gasteiger partial charge in [0.05, 0.1) is 11.9 Å². The third-order valence-corrected chi connectivity index (χ3v) is 4.03. The summed E-state index contributed by atoms with van der Waals surface area (Å²) < 4.78 is 12.0. The highest BCUT2D eigenvalue weighted by molar-refractivity contribution is 6.31. The zero-order chi connectivity index (χ0) is 17.3. The molecular weight excluding hydrogens is 330 g/mol. The summed E-state index contributed by atoms with van der Waals surface area (Å²) in [5.41, 5.74) is 2.78. The van der Waals surface area contributed by atoms with E-state index < -0.39 is 11.7 Å². The lowest BCUT2D eigenvalue weighted by molar-refractivity contribution is -0.134. The molecule has 124 valence electrons. The van der Waals surface area contributed by atoms with Crippen LogP contribution in [0.4, 0.5) is 0 Å². The van der Waals surface area contributed by atoms with Crippen molar-refractivity contribution in [2.45, 2.75) is 26.8 Å². The fourth-order valence-electron chi connectivity index (χ4n) is 2.58. The first-order chi connectivity index (χ1) is 11.5. The number of hydrogen-bond acceptors (Lipinski definition) is 4. The maximum atomic E-state index is 12.1. The largest absolute Gasteiger partial charge is 0.426 e. The SMILES string of the molecule is Cc1cccc(C)c1OC(=O)CCn1c(=O)oc2cc(Cl)ccc21. The van der Waals surface area contributed by atoms with Crippen LogP contribution in [0.1, 0.15) is 17.5 Å². The number of aromatic nitrogens is 1. The number of halogens is 1. The fourth-order valence-corrected chi connectivity index (χ4v) is 2.74. The Hall–Kier alpha value is -2.53. The molecule has 1 aromatic heterocycles. The molecule has 2 aromatic carbocycles. The second-order valence-corrected chi connectivity index (χ2v) is 6.01. The first kappa shape index (κ1) is 16.3. The molecule has 3 rings (SSSR count). The third kappa shape index (κ3) is 3.21. The molecule has 3 aromatic rings. The lowest BCUT2D eigenvalue weighted by atomic mass is 10.1. The summed E-state index contributed by atoms with van der Waals surface area (Å²) in [7, 11) is 0. The Balaban J connectivity index is 1.75. The summed E-state index contributed by atoms with van der Waals surface area (Å²) in [6, 6.07) is 10.6. The molecule has 0 unspecified atom stereocenters. The summed E-state index contributed by atoms with van der Waals surface area (Å²) >= 11 is 5.88. The molecule has 0 aliphatic rings. The van der Waals surface area contributed by atoms with Gasteiger partial charge in [0.15, 0.2) is 5.58 Å². The van der Waals surface area contributed by atoms with Gasteiger partial charge in [-0.25, -0.2) is 4.79 Å². The molecular formula is C18H16ClNO4. The fraction of sp³-hybridized carbons (Fsp3) is 0.222. The van der Waals surface area contributed by atoms with Crippen molar-refractivity contribution in [3.05, 3.63) is 63.1 Å². The average molecular weight is 346 g/mol. The second-order valence-electron chi connectivity index (χ2n) is 5.58. The van der Waals surface area contributed by atoms with Gasteiger partial charge in [0.1, 0.15) is 5.75 Å². The van der Waals surface area contributed by atoms with E-state index in [1.54, 1.807) is 18.2 Å². The zero-order valence-electron chi connectivity index (χ0n) is 13.3. The van der Waals surface area contributed by atoms with Gasteiger partial charge in [-0.15, -0.1) is 0 Å². The quantitative estimate of drug-likeness (QED) is 0.532. The lowest BCUT2D eigenvalue weighted by Gasteiger charge is -2.10. The van der Waals surface area contributed by atoms with E-state index in [-0.39, 0.29) is 13.0 Å². The standard InChI is InChI=1S/C18H16ClNO4/c1-11-4-3-5-12(2)17(11)24-16(21)8-9-20-14-7-6-13(19)10-15(14)23-18(20)22/h3-7,10H,8-9H2,1-2H3. The monoisotopic (exact) mass is 345 g/mol. The Morgan fingerprint density at radius 2 is 1.92 bits per heavy atom. The molecule has 0 aliphatic heterocycles. The molecule has 0 aliphatic carbocycles. The molecule has 1 heterocycles. The number of rotatable bonds is 4. The van der Waals surface area contributed by atoms with E-state index in [4.69, 9.17) is 20.8 Å². The number of ether oxygens (including phenoxy) is 1. The minimum Gasteiger partial charge on any atom is -0.426 e. The molecule has 0 bridgehead atoms. The van der Waals surface area contributed by atoms with Crippen LogP contribution >= 0.6 is 11.6 Å². The summed E-state index contributed by atoms with van der Waals surface area (Å²) in [6.45, 7) is 3.94. The van der Waals surface area contributed by atoms with Crippen LogP contribution in [0.2, 0.25) is 5.02 Å². The van der Waals surface area contributed by atoms with Crippen LogP contribution in [0.15, 0.2) is 45.6 Å². The number of oxazole rings is 1. The van der Waals surface area contributed by atoms with E-state index >= 15 is 0 Å². The minimum absolute atomic E-state index is 0.0605. The Bertz CT molecular complexity index is 951. The van der Waals surface area contributed by atoms with Crippen molar-refractivity contribution in [1.29, 1.82) is 0 Å². The normalized spacial score (nSPS) is 11.0. The van der Waals surface area contributed by atoms with E-state index in [1.165, 1.54) is 4.57 Å². The van der Waals surface area contributed by atoms with Gasteiger partial charge in [-0.2, -0.15) is 0 Å². The molecule has 0 radical (unpaired) electrons. The number of aryl methyl sites for hydroxylation is 3. The van der Waals surface area contributed by atoms with Crippen LogP contribution in [0, 0.1) is 13.8 Å². The second kappa shape index (κ2) is 6.53. The third-order valence-electron chi connectivity index (χ3n) is 3.79. The number of nitrogens with zero attached hydrogens (tertiary/aromatic N) is 1. The van der Waals surface area contributed by atoms with Gasteiger partial charge in [-0.05, 0) is 37.1 Å². The van der Waals surface area contributed by atoms with E-state index in [9.17, 15) is 9.59 Å². The van der Waals surface area contributed by atoms with Gasteiger partial charge >= 0.3 is 11.7 Å². The summed E-state index contributed by atoms with van der Waals surface area (Å²) in [6.07, 6.45) is 0.0605. The van der Waals surface area contributed by atoms with Crippen molar-refractivity contribution in [2.24, 2.45) is 0 Å². The number of hydrogen-bond donors (Lipinski definition) is 0. The molecule has 0 fully saturated rings. The Kier molecular flexibility index (Phi) is 4.44. The smallest absolute Gasteiger partial charge is 0.419 e. The Labute approximate surface area is 143 Å². The summed E-state index contributed by atoms with van der Waals surface area (Å²) in [5.74, 6) is -0.353. The van der Waals surface area contributed by atoms with Crippen molar-refractivity contribution < 1.29 is 13.9 Å². The van der Waals surface area contributed by atoms with Crippen molar-refractivity contribution in [2.75, 3.05) is 0 Å². The first-order valence-electron chi connectivity index (χ1n) is 7.51. The highest BCUT2D eigenvalue weighted by Crippen LogP contribution is 2.23. The highest BCUT2D eigenvalue weighted by Gasteiger charge is 2.14. The van der Waals surface area contributed by atoms with Gasteiger partial charge in [0.2, 0.25) is 0 Å². The Morgan fingerprint density at radius 1 is 1.21 bits per heavy atom. The van der Waals surface area contributed by atoms with Crippen LogP contribution in [-0.4, -0.2) is 10.5 Å². The maximum Gasteiger partial charge on any atom is 0.419 e. The van der Waals surface area contributed by atoms with Gasteiger partial charge in [-0.1, -0.05) is 29.8 Å². The maximum absolute atomic E-state index is 12.1. The number of carbonyl (C=O) groups is 1. The molecule has 0 amide bonds. The molecule has 5 nitrogen and oxygen atoms in total. The number of benzene rings is 2. The van der Waals surface area contributed by atoms with Crippen LogP contribution in [0.25, 0.3) is 11.1 Å².